The highest BCUT2D eigenvalue weighted by Crippen LogP contribution is 2.43. The Morgan fingerprint density at radius 1 is 1.00 bits per heavy atom. The summed E-state index contributed by atoms with van der Waals surface area (Å²) in [7, 11) is 0. The first kappa shape index (κ1) is 26.9. The molecule has 1 amide bonds. The predicted molar refractivity (Wildman–Crippen MR) is 150 cm³/mol. The van der Waals surface area contributed by atoms with Crippen molar-refractivity contribution < 1.29 is 33.6 Å². The van der Waals surface area contributed by atoms with Crippen molar-refractivity contribution in [3.05, 3.63) is 102 Å². The number of ether oxygens (including phenoxy) is 4. The highest BCUT2D eigenvalue weighted by molar-refractivity contribution is 6.46. The van der Waals surface area contributed by atoms with Gasteiger partial charge in [0.1, 0.15) is 25.6 Å². The van der Waals surface area contributed by atoms with Gasteiger partial charge in [-0.25, -0.2) is 0 Å². The number of rotatable bonds is 10. The minimum absolute atomic E-state index is 0.00283. The summed E-state index contributed by atoms with van der Waals surface area (Å²) in [6.45, 7) is 7.31. The maximum atomic E-state index is 13.5. The van der Waals surface area contributed by atoms with Gasteiger partial charge in [-0.05, 0) is 54.8 Å². The van der Waals surface area contributed by atoms with E-state index in [0.29, 0.717) is 67.0 Å². The van der Waals surface area contributed by atoms with Gasteiger partial charge >= 0.3 is 0 Å². The molecule has 0 saturated carbocycles. The van der Waals surface area contributed by atoms with Gasteiger partial charge in [0, 0.05) is 12.1 Å². The Balaban J connectivity index is 1.60. The molecule has 0 unspecified atom stereocenters. The Labute approximate surface area is 233 Å². The Morgan fingerprint density at radius 2 is 1.77 bits per heavy atom. The van der Waals surface area contributed by atoms with E-state index in [1.54, 1.807) is 42.5 Å². The number of nitrogens with zero attached hydrogens (tertiary/aromatic N) is 1. The molecule has 1 atom stereocenters. The summed E-state index contributed by atoms with van der Waals surface area (Å²) in [5.41, 5.74) is 1.99. The number of aliphatic hydroxyl groups is 1. The number of ketones is 1. The predicted octanol–water partition coefficient (Wildman–Crippen LogP) is 5.09. The molecule has 8 nitrogen and oxygen atoms in total. The molecule has 5 rings (SSSR count). The van der Waals surface area contributed by atoms with Crippen molar-refractivity contribution in [2.45, 2.75) is 19.4 Å². The number of fused-ring (bicyclic) bond motifs is 1. The first-order valence-corrected chi connectivity index (χ1v) is 13.2. The molecule has 8 heteroatoms. The van der Waals surface area contributed by atoms with Crippen LogP contribution in [0.4, 0.5) is 0 Å². The second-order valence-corrected chi connectivity index (χ2v) is 9.33. The number of amides is 1. The second kappa shape index (κ2) is 12.0. The smallest absolute Gasteiger partial charge is 0.295 e. The van der Waals surface area contributed by atoms with Gasteiger partial charge in [0.05, 0.1) is 18.2 Å². The third-order valence-electron chi connectivity index (χ3n) is 6.78. The van der Waals surface area contributed by atoms with Crippen molar-refractivity contribution in [2.24, 2.45) is 0 Å². The van der Waals surface area contributed by atoms with E-state index in [2.05, 4.69) is 6.58 Å². The number of Topliss-reactive ketones (excluding diaryl/α,β-unsaturated/α-hetero) is 1. The molecule has 1 saturated heterocycles. The minimum Gasteiger partial charge on any atom is -0.507 e. The zero-order valence-corrected chi connectivity index (χ0v) is 22.3. The van der Waals surface area contributed by atoms with Gasteiger partial charge in [0.15, 0.2) is 23.0 Å². The first-order valence-electron chi connectivity index (χ1n) is 13.2. The third kappa shape index (κ3) is 5.38. The van der Waals surface area contributed by atoms with Crippen LogP contribution in [0.25, 0.3) is 5.76 Å². The summed E-state index contributed by atoms with van der Waals surface area (Å²) in [6, 6.07) is 19.1. The average Bonchev–Trinajstić information content (AvgIpc) is 3.24. The van der Waals surface area contributed by atoms with Crippen LogP contribution in [0.1, 0.15) is 29.7 Å². The van der Waals surface area contributed by atoms with Gasteiger partial charge in [0.2, 0.25) is 0 Å². The van der Waals surface area contributed by atoms with E-state index in [9.17, 15) is 14.7 Å². The molecular weight excluding hydrogens is 510 g/mol. The molecule has 0 aromatic heterocycles. The molecule has 1 N–H and O–H groups in total. The topological polar surface area (TPSA) is 94.5 Å². The average molecular weight is 542 g/mol. The van der Waals surface area contributed by atoms with Gasteiger partial charge in [-0.1, -0.05) is 49.1 Å². The summed E-state index contributed by atoms with van der Waals surface area (Å²) in [4.78, 5) is 28.4. The van der Waals surface area contributed by atoms with E-state index < -0.39 is 17.7 Å². The molecule has 0 aliphatic carbocycles. The zero-order valence-electron chi connectivity index (χ0n) is 22.3. The van der Waals surface area contributed by atoms with Crippen LogP contribution in [0.15, 0.2) is 85.0 Å². The fourth-order valence-electron chi connectivity index (χ4n) is 4.93. The fourth-order valence-corrected chi connectivity index (χ4v) is 4.93. The second-order valence-electron chi connectivity index (χ2n) is 9.33. The standard InChI is InChI=1S/C32H31NO7/c1-3-16-38-24-12-10-22(19-26(24)37-4-2)29-28(30(34)23-11-13-25-27(20-23)40-18-17-39-25)31(35)32(36)33(29)15-14-21-8-6-5-7-9-21/h3,5-13,19-20,29,34H,1,4,14-18H2,2H3/t29-/m0/s1. The number of aliphatic hydroxyl groups excluding tert-OH is 1. The SMILES string of the molecule is C=CCOc1ccc([C@H]2C(=C(O)c3ccc4c(c3)OCCO4)C(=O)C(=O)N2CCc2ccccc2)cc1OCC. The van der Waals surface area contributed by atoms with Crippen molar-refractivity contribution in [3.63, 3.8) is 0 Å². The van der Waals surface area contributed by atoms with Gasteiger partial charge < -0.3 is 29.0 Å². The van der Waals surface area contributed by atoms with Gasteiger partial charge in [-0.15, -0.1) is 0 Å². The number of carbonyl (C=O) groups excluding carboxylic acids is 2. The molecule has 1 fully saturated rings. The first-order chi connectivity index (χ1) is 19.5. The minimum atomic E-state index is -0.843. The van der Waals surface area contributed by atoms with Crippen molar-refractivity contribution in [1.29, 1.82) is 0 Å². The van der Waals surface area contributed by atoms with E-state index >= 15 is 0 Å². The Hall–Kier alpha value is -4.72. The normalized spacial score (nSPS) is 17.5. The lowest BCUT2D eigenvalue weighted by atomic mass is 9.94. The molecule has 3 aromatic rings. The van der Waals surface area contributed by atoms with Gasteiger partial charge in [-0.3, -0.25) is 9.59 Å². The zero-order chi connectivity index (χ0) is 28.1. The maximum Gasteiger partial charge on any atom is 0.295 e. The van der Waals surface area contributed by atoms with Crippen LogP contribution in [0.3, 0.4) is 0 Å². The Bertz CT molecular complexity index is 1450. The van der Waals surface area contributed by atoms with Crippen LogP contribution in [0.2, 0.25) is 0 Å². The fraction of sp³-hybridized carbons (Fsp3) is 0.250. The van der Waals surface area contributed by atoms with Crippen LogP contribution < -0.4 is 18.9 Å². The molecule has 2 aliphatic heterocycles. The van der Waals surface area contributed by atoms with Crippen molar-refractivity contribution in [2.75, 3.05) is 33.0 Å². The number of benzene rings is 3. The maximum absolute atomic E-state index is 13.5. The van der Waals surface area contributed by atoms with E-state index in [-0.39, 0.29) is 17.9 Å². The largest absolute Gasteiger partial charge is 0.507 e. The molecule has 2 aliphatic rings. The lowest BCUT2D eigenvalue weighted by Gasteiger charge is -2.26. The molecular formula is C32H31NO7. The summed E-state index contributed by atoms with van der Waals surface area (Å²) < 4.78 is 22.9. The monoisotopic (exact) mass is 541 g/mol. The Kier molecular flexibility index (Phi) is 8.05. The summed E-state index contributed by atoms with van der Waals surface area (Å²) in [6.07, 6.45) is 2.17. The van der Waals surface area contributed by atoms with Gasteiger partial charge in [0.25, 0.3) is 11.7 Å². The Morgan fingerprint density at radius 3 is 2.52 bits per heavy atom. The third-order valence-corrected chi connectivity index (χ3v) is 6.78. The lowest BCUT2D eigenvalue weighted by molar-refractivity contribution is -0.139. The van der Waals surface area contributed by atoms with Gasteiger partial charge in [-0.2, -0.15) is 0 Å². The molecule has 2 heterocycles. The molecule has 0 bridgehead atoms. The lowest BCUT2D eigenvalue weighted by Crippen LogP contribution is -2.31. The van der Waals surface area contributed by atoms with Crippen LogP contribution in [0, 0.1) is 0 Å². The summed E-state index contributed by atoms with van der Waals surface area (Å²) in [5.74, 6) is 0.285. The van der Waals surface area contributed by atoms with E-state index in [4.69, 9.17) is 18.9 Å². The number of hydrogen-bond donors (Lipinski definition) is 1. The van der Waals surface area contributed by atoms with E-state index in [1.165, 1.54) is 4.90 Å². The highest BCUT2D eigenvalue weighted by Gasteiger charge is 2.46. The molecule has 0 spiro atoms. The van der Waals surface area contributed by atoms with Crippen LogP contribution in [-0.4, -0.2) is 54.7 Å². The number of hydrogen-bond acceptors (Lipinski definition) is 7. The summed E-state index contributed by atoms with van der Waals surface area (Å²) >= 11 is 0. The highest BCUT2D eigenvalue weighted by atomic mass is 16.6. The summed E-state index contributed by atoms with van der Waals surface area (Å²) in [5, 5.41) is 11.5. The van der Waals surface area contributed by atoms with Crippen molar-refractivity contribution in [1.82, 2.24) is 4.90 Å². The molecule has 40 heavy (non-hydrogen) atoms. The molecule has 3 aromatic carbocycles. The van der Waals surface area contributed by atoms with Crippen molar-refractivity contribution in [3.8, 4) is 23.0 Å². The van der Waals surface area contributed by atoms with E-state index in [0.717, 1.165) is 5.56 Å². The van der Waals surface area contributed by atoms with Crippen LogP contribution in [0.5, 0.6) is 23.0 Å². The molecule has 206 valence electrons. The van der Waals surface area contributed by atoms with E-state index in [1.807, 2.05) is 37.3 Å². The van der Waals surface area contributed by atoms with Crippen LogP contribution >= 0.6 is 0 Å². The van der Waals surface area contributed by atoms with Crippen molar-refractivity contribution >= 4 is 17.4 Å². The number of likely N-dealkylation sites (tertiary alicyclic amines) is 1. The quantitative estimate of drug-likeness (QED) is 0.165. The van der Waals surface area contributed by atoms with Crippen LogP contribution in [-0.2, 0) is 16.0 Å². The molecule has 0 radical (unpaired) electrons. The number of carbonyl (C=O) groups is 2.